The van der Waals surface area contributed by atoms with E-state index >= 15 is 0 Å². The third-order valence-electron chi connectivity index (χ3n) is 2.08. The Bertz CT molecular complexity index is 611. The molecule has 6 heteroatoms. The van der Waals surface area contributed by atoms with Gasteiger partial charge in [0.1, 0.15) is 11.3 Å². The van der Waals surface area contributed by atoms with Crippen LogP contribution in [0.1, 0.15) is 0 Å². The lowest BCUT2D eigenvalue weighted by atomic mass is 10.2. The maximum Gasteiger partial charge on any atom is 0.263 e. The van der Waals surface area contributed by atoms with Crippen LogP contribution in [0.4, 0.5) is 4.39 Å². The fourth-order valence-electron chi connectivity index (χ4n) is 1.27. The second kappa shape index (κ2) is 3.57. The van der Waals surface area contributed by atoms with Crippen LogP contribution in [-0.2, 0) is 7.05 Å². The number of hydrogen-bond donors (Lipinski definition) is 0. The Morgan fingerprint density at radius 2 is 2.20 bits per heavy atom. The minimum atomic E-state index is -0.562. The van der Waals surface area contributed by atoms with Crippen molar-refractivity contribution in [3.8, 4) is 0 Å². The normalized spacial score (nSPS) is 10.9. The van der Waals surface area contributed by atoms with Gasteiger partial charge in [-0.05, 0) is 39.7 Å². The topological polar surface area (TPSA) is 34.9 Å². The molecule has 0 radical (unpaired) electrons. The van der Waals surface area contributed by atoms with Gasteiger partial charge in [0.05, 0.1) is 5.39 Å². The van der Waals surface area contributed by atoms with Crippen LogP contribution < -0.4 is 5.56 Å². The van der Waals surface area contributed by atoms with Crippen molar-refractivity contribution in [1.29, 1.82) is 0 Å². The van der Waals surface area contributed by atoms with Gasteiger partial charge in [-0.2, -0.15) is 0 Å². The molecule has 0 N–H and O–H groups in total. The summed E-state index contributed by atoms with van der Waals surface area (Å²) in [7, 11) is 1.48. The van der Waals surface area contributed by atoms with E-state index in [4.69, 9.17) is 11.6 Å². The van der Waals surface area contributed by atoms with Crippen LogP contribution in [0, 0.1) is 5.82 Å². The molecule has 0 unspecified atom stereocenters. The quantitative estimate of drug-likeness (QED) is 0.699. The number of halogens is 3. The zero-order valence-electron chi connectivity index (χ0n) is 7.59. The molecule has 0 spiro atoms. The highest BCUT2D eigenvalue weighted by molar-refractivity contribution is 9.10. The molecule has 1 aromatic carbocycles. The van der Waals surface area contributed by atoms with Gasteiger partial charge in [0.25, 0.3) is 5.56 Å². The Morgan fingerprint density at radius 1 is 1.53 bits per heavy atom. The number of rotatable bonds is 0. The zero-order chi connectivity index (χ0) is 11.2. The summed E-state index contributed by atoms with van der Waals surface area (Å²) in [5, 5.41) is 0.159. The number of aromatic nitrogens is 2. The van der Waals surface area contributed by atoms with Gasteiger partial charge in [0, 0.05) is 11.5 Å². The molecule has 0 saturated heterocycles. The van der Waals surface area contributed by atoms with Crippen molar-refractivity contribution in [2.75, 3.05) is 0 Å². The van der Waals surface area contributed by atoms with Crippen molar-refractivity contribution in [2.45, 2.75) is 0 Å². The van der Waals surface area contributed by atoms with Gasteiger partial charge in [-0.1, -0.05) is 0 Å². The molecule has 0 amide bonds. The SMILES string of the molecule is Cn1c(Cl)nc2c(F)ccc(Br)c2c1=O. The van der Waals surface area contributed by atoms with Crippen molar-refractivity contribution >= 4 is 38.4 Å². The molecule has 0 aliphatic rings. The number of hydrogen-bond acceptors (Lipinski definition) is 2. The Hall–Kier alpha value is -0.940. The van der Waals surface area contributed by atoms with Crippen molar-refractivity contribution in [3.05, 3.63) is 38.1 Å². The Labute approximate surface area is 97.6 Å². The summed E-state index contributed by atoms with van der Waals surface area (Å²) in [5.41, 5.74) is -0.395. The van der Waals surface area contributed by atoms with Crippen LogP contribution in [0.5, 0.6) is 0 Å². The summed E-state index contributed by atoms with van der Waals surface area (Å²) in [6.45, 7) is 0. The maximum atomic E-state index is 13.4. The molecule has 3 nitrogen and oxygen atoms in total. The van der Waals surface area contributed by atoms with Gasteiger partial charge >= 0.3 is 0 Å². The lowest BCUT2D eigenvalue weighted by Crippen LogP contribution is -2.19. The average Bonchev–Trinajstić information content (AvgIpc) is 2.20. The third kappa shape index (κ3) is 1.55. The molecule has 2 rings (SSSR count). The Balaban J connectivity index is 3.12. The minimum absolute atomic E-state index is 0.0162. The fourth-order valence-corrected chi connectivity index (χ4v) is 1.92. The molecular formula is C9H5BrClFN2O. The van der Waals surface area contributed by atoms with Gasteiger partial charge in [-0.15, -0.1) is 0 Å². The molecule has 0 aliphatic heterocycles. The smallest absolute Gasteiger partial charge is 0.263 e. The van der Waals surface area contributed by atoms with Crippen molar-refractivity contribution in [2.24, 2.45) is 7.05 Å². The molecule has 2 aromatic rings. The summed E-state index contributed by atoms with van der Waals surface area (Å²) >= 11 is 8.86. The summed E-state index contributed by atoms with van der Waals surface area (Å²) in [4.78, 5) is 15.6. The molecule has 1 aromatic heterocycles. The highest BCUT2D eigenvalue weighted by Gasteiger charge is 2.12. The van der Waals surface area contributed by atoms with E-state index in [0.717, 1.165) is 4.57 Å². The van der Waals surface area contributed by atoms with E-state index in [-0.39, 0.29) is 21.7 Å². The van der Waals surface area contributed by atoms with Crippen LogP contribution >= 0.6 is 27.5 Å². The predicted molar refractivity (Wildman–Crippen MR) is 59.7 cm³/mol. The molecule has 0 fully saturated rings. The first-order chi connectivity index (χ1) is 7.02. The van der Waals surface area contributed by atoms with E-state index in [1.807, 2.05) is 0 Å². The van der Waals surface area contributed by atoms with Crippen LogP contribution in [0.25, 0.3) is 10.9 Å². The maximum absolute atomic E-state index is 13.4. The first-order valence-corrected chi connectivity index (χ1v) is 5.19. The van der Waals surface area contributed by atoms with E-state index in [9.17, 15) is 9.18 Å². The highest BCUT2D eigenvalue weighted by atomic mass is 79.9. The second-order valence-electron chi connectivity index (χ2n) is 3.00. The van der Waals surface area contributed by atoms with Gasteiger partial charge in [0.15, 0.2) is 0 Å². The summed E-state index contributed by atoms with van der Waals surface area (Å²) < 4.78 is 15.0. The van der Waals surface area contributed by atoms with Crippen LogP contribution in [-0.4, -0.2) is 9.55 Å². The monoisotopic (exact) mass is 290 g/mol. The molecule has 78 valence electrons. The van der Waals surface area contributed by atoms with Gasteiger partial charge in [-0.3, -0.25) is 9.36 Å². The Kier molecular flexibility index (Phi) is 2.52. The van der Waals surface area contributed by atoms with E-state index in [0.29, 0.717) is 4.47 Å². The van der Waals surface area contributed by atoms with E-state index in [2.05, 4.69) is 20.9 Å². The average molecular weight is 292 g/mol. The minimum Gasteiger partial charge on any atom is -0.286 e. The molecular weight excluding hydrogens is 286 g/mol. The number of nitrogens with zero attached hydrogens (tertiary/aromatic N) is 2. The standard InChI is InChI=1S/C9H5BrClFN2O/c1-14-8(15)6-4(10)2-3-5(12)7(6)13-9(14)11/h2-3H,1H3. The molecule has 15 heavy (non-hydrogen) atoms. The molecule has 0 aliphatic carbocycles. The van der Waals surface area contributed by atoms with Crippen LogP contribution in [0.15, 0.2) is 21.4 Å². The van der Waals surface area contributed by atoms with E-state index in [1.54, 1.807) is 0 Å². The van der Waals surface area contributed by atoms with Crippen molar-refractivity contribution in [1.82, 2.24) is 9.55 Å². The Morgan fingerprint density at radius 3 is 2.87 bits per heavy atom. The molecule has 0 atom stereocenters. The predicted octanol–water partition coefficient (Wildman–Crippen LogP) is 2.49. The van der Waals surface area contributed by atoms with Gasteiger partial charge < -0.3 is 0 Å². The largest absolute Gasteiger partial charge is 0.286 e. The van der Waals surface area contributed by atoms with Crippen LogP contribution in [0.3, 0.4) is 0 Å². The van der Waals surface area contributed by atoms with Crippen molar-refractivity contribution < 1.29 is 4.39 Å². The molecule has 0 saturated carbocycles. The first kappa shape index (κ1) is 10.6. The molecule has 1 heterocycles. The third-order valence-corrected chi connectivity index (χ3v) is 3.08. The van der Waals surface area contributed by atoms with Gasteiger partial charge in [0.2, 0.25) is 5.28 Å². The van der Waals surface area contributed by atoms with Gasteiger partial charge in [-0.25, -0.2) is 9.37 Å². The lowest BCUT2D eigenvalue weighted by Gasteiger charge is -2.05. The van der Waals surface area contributed by atoms with Crippen LogP contribution in [0.2, 0.25) is 5.28 Å². The summed E-state index contributed by atoms with van der Waals surface area (Å²) in [5.74, 6) is -0.562. The van der Waals surface area contributed by atoms with Crippen molar-refractivity contribution in [3.63, 3.8) is 0 Å². The summed E-state index contributed by atoms with van der Waals surface area (Å²) in [6, 6.07) is 2.70. The second-order valence-corrected chi connectivity index (χ2v) is 4.19. The highest BCUT2D eigenvalue weighted by Crippen LogP contribution is 2.22. The number of fused-ring (bicyclic) bond motifs is 1. The van der Waals surface area contributed by atoms with E-state index in [1.165, 1.54) is 19.2 Å². The number of benzene rings is 1. The first-order valence-electron chi connectivity index (χ1n) is 4.02. The zero-order valence-corrected chi connectivity index (χ0v) is 9.93. The molecule has 0 bridgehead atoms. The van der Waals surface area contributed by atoms with E-state index < -0.39 is 5.82 Å². The lowest BCUT2D eigenvalue weighted by molar-refractivity contribution is 0.635. The fraction of sp³-hybridized carbons (Fsp3) is 0.111. The summed E-state index contributed by atoms with van der Waals surface area (Å²) in [6.07, 6.45) is 0.